The van der Waals surface area contributed by atoms with Crippen LogP contribution in [0.15, 0.2) is 42.6 Å². The molecule has 1 unspecified atom stereocenters. The van der Waals surface area contributed by atoms with Gasteiger partial charge in [0, 0.05) is 18.7 Å². The molecule has 0 spiro atoms. The molecule has 4 nitrogen and oxygen atoms in total. The fraction of sp³-hybridized carbons (Fsp3) is 0.286. The normalized spacial score (nSPS) is 12.1. The maximum absolute atomic E-state index is 5.50. The summed E-state index contributed by atoms with van der Waals surface area (Å²) in [6.07, 6.45) is 2.47. The van der Waals surface area contributed by atoms with Gasteiger partial charge in [0.05, 0.1) is 0 Å². The van der Waals surface area contributed by atoms with Crippen LogP contribution in [0.25, 0.3) is 0 Å². The first-order valence-corrected chi connectivity index (χ1v) is 6.13. The third kappa shape index (κ3) is 3.28. The predicted molar refractivity (Wildman–Crippen MR) is 73.3 cm³/mol. The van der Waals surface area contributed by atoms with Crippen molar-refractivity contribution in [3.63, 3.8) is 0 Å². The molecule has 0 amide bonds. The molecule has 0 fully saturated rings. The van der Waals surface area contributed by atoms with Crippen molar-refractivity contribution in [1.29, 1.82) is 0 Å². The van der Waals surface area contributed by atoms with Crippen LogP contribution in [-0.4, -0.2) is 16.5 Å². The lowest BCUT2D eigenvalue weighted by molar-refractivity contribution is 0.838. The third-order valence-electron chi connectivity index (χ3n) is 2.74. The SMILES string of the molecule is CC(Nc1ccnc(CCN)n1)c1ccccc1. The summed E-state index contributed by atoms with van der Waals surface area (Å²) in [4.78, 5) is 8.60. The summed E-state index contributed by atoms with van der Waals surface area (Å²) in [6.45, 7) is 2.68. The third-order valence-corrected chi connectivity index (χ3v) is 2.74. The topological polar surface area (TPSA) is 63.8 Å². The van der Waals surface area contributed by atoms with E-state index in [1.165, 1.54) is 5.56 Å². The van der Waals surface area contributed by atoms with Crippen LogP contribution in [0.4, 0.5) is 5.82 Å². The van der Waals surface area contributed by atoms with Crippen LogP contribution in [0, 0.1) is 0 Å². The molecule has 2 aromatic rings. The van der Waals surface area contributed by atoms with Crippen LogP contribution in [0.2, 0.25) is 0 Å². The van der Waals surface area contributed by atoms with Crippen LogP contribution >= 0.6 is 0 Å². The number of rotatable bonds is 5. The zero-order valence-electron chi connectivity index (χ0n) is 10.5. The predicted octanol–water partition coefficient (Wildman–Crippen LogP) is 2.15. The van der Waals surface area contributed by atoms with Crippen LogP contribution < -0.4 is 11.1 Å². The fourth-order valence-electron chi connectivity index (χ4n) is 1.78. The summed E-state index contributed by atoms with van der Waals surface area (Å²) in [5.41, 5.74) is 6.74. The maximum atomic E-state index is 5.50. The van der Waals surface area contributed by atoms with Gasteiger partial charge in [-0.25, -0.2) is 9.97 Å². The van der Waals surface area contributed by atoms with E-state index in [2.05, 4.69) is 34.3 Å². The van der Waals surface area contributed by atoms with E-state index >= 15 is 0 Å². The van der Waals surface area contributed by atoms with E-state index in [-0.39, 0.29) is 6.04 Å². The Bertz CT molecular complexity index is 484. The molecule has 1 atom stereocenters. The van der Waals surface area contributed by atoms with Crippen molar-refractivity contribution in [2.75, 3.05) is 11.9 Å². The quantitative estimate of drug-likeness (QED) is 0.843. The number of nitrogens with two attached hydrogens (primary N) is 1. The van der Waals surface area contributed by atoms with E-state index in [1.807, 2.05) is 24.3 Å². The summed E-state index contributed by atoms with van der Waals surface area (Å²) in [6, 6.07) is 12.4. The van der Waals surface area contributed by atoms with Crippen molar-refractivity contribution in [1.82, 2.24) is 9.97 Å². The van der Waals surface area contributed by atoms with Gasteiger partial charge in [-0.3, -0.25) is 0 Å². The molecule has 0 aliphatic heterocycles. The van der Waals surface area contributed by atoms with Crippen LogP contribution in [-0.2, 0) is 6.42 Å². The van der Waals surface area contributed by atoms with Crippen molar-refractivity contribution in [2.45, 2.75) is 19.4 Å². The first-order chi connectivity index (χ1) is 8.79. The second-order valence-corrected chi connectivity index (χ2v) is 4.17. The fourth-order valence-corrected chi connectivity index (χ4v) is 1.78. The number of nitrogens with one attached hydrogen (secondary N) is 1. The van der Waals surface area contributed by atoms with Gasteiger partial charge < -0.3 is 11.1 Å². The zero-order valence-corrected chi connectivity index (χ0v) is 10.5. The first kappa shape index (κ1) is 12.5. The number of anilines is 1. The van der Waals surface area contributed by atoms with Crippen LogP contribution in [0.3, 0.4) is 0 Å². The second-order valence-electron chi connectivity index (χ2n) is 4.17. The minimum atomic E-state index is 0.215. The highest BCUT2D eigenvalue weighted by Gasteiger charge is 2.05. The van der Waals surface area contributed by atoms with Gasteiger partial charge in [-0.1, -0.05) is 30.3 Å². The van der Waals surface area contributed by atoms with Crippen molar-refractivity contribution in [2.24, 2.45) is 5.73 Å². The molecule has 0 aliphatic carbocycles. The lowest BCUT2D eigenvalue weighted by atomic mass is 10.1. The largest absolute Gasteiger partial charge is 0.363 e. The summed E-state index contributed by atoms with van der Waals surface area (Å²) < 4.78 is 0. The number of hydrogen-bond acceptors (Lipinski definition) is 4. The van der Waals surface area contributed by atoms with Gasteiger partial charge in [0.1, 0.15) is 11.6 Å². The van der Waals surface area contributed by atoms with Crippen molar-refractivity contribution >= 4 is 5.82 Å². The van der Waals surface area contributed by atoms with E-state index in [9.17, 15) is 0 Å². The van der Waals surface area contributed by atoms with Crippen molar-refractivity contribution in [3.8, 4) is 0 Å². The average Bonchev–Trinajstić information content (AvgIpc) is 2.40. The number of aromatic nitrogens is 2. The molecule has 94 valence electrons. The smallest absolute Gasteiger partial charge is 0.131 e. The molecule has 0 aliphatic rings. The van der Waals surface area contributed by atoms with Gasteiger partial charge in [-0.15, -0.1) is 0 Å². The molecule has 3 N–H and O–H groups in total. The highest BCUT2D eigenvalue weighted by atomic mass is 15.0. The Kier molecular flexibility index (Phi) is 4.25. The Morgan fingerprint density at radius 2 is 2.00 bits per heavy atom. The number of benzene rings is 1. The second kappa shape index (κ2) is 6.12. The lowest BCUT2D eigenvalue weighted by Crippen LogP contribution is -2.11. The highest BCUT2D eigenvalue weighted by Crippen LogP contribution is 2.16. The Morgan fingerprint density at radius 1 is 1.22 bits per heavy atom. The minimum absolute atomic E-state index is 0.215. The van der Waals surface area contributed by atoms with E-state index in [4.69, 9.17) is 5.73 Å². The van der Waals surface area contributed by atoms with Gasteiger partial charge in [0.2, 0.25) is 0 Å². The Morgan fingerprint density at radius 3 is 2.72 bits per heavy atom. The van der Waals surface area contributed by atoms with Gasteiger partial charge in [0.15, 0.2) is 0 Å². The number of nitrogens with zero attached hydrogens (tertiary/aromatic N) is 2. The van der Waals surface area contributed by atoms with Crippen molar-refractivity contribution < 1.29 is 0 Å². The molecule has 18 heavy (non-hydrogen) atoms. The number of hydrogen-bond donors (Lipinski definition) is 2. The Hall–Kier alpha value is -1.94. The molecule has 0 bridgehead atoms. The molecule has 2 rings (SSSR count). The van der Waals surface area contributed by atoms with Crippen molar-refractivity contribution in [3.05, 3.63) is 54.0 Å². The highest BCUT2D eigenvalue weighted by molar-refractivity contribution is 5.37. The molecular formula is C14H18N4. The molecule has 0 saturated heterocycles. The Balaban J connectivity index is 2.07. The molecule has 1 aromatic heterocycles. The minimum Gasteiger partial charge on any atom is -0.363 e. The van der Waals surface area contributed by atoms with Gasteiger partial charge in [-0.05, 0) is 25.1 Å². The summed E-state index contributed by atoms with van der Waals surface area (Å²) in [5.74, 6) is 1.62. The van der Waals surface area contributed by atoms with Gasteiger partial charge >= 0.3 is 0 Å². The average molecular weight is 242 g/mol. The first-order valence-electron chi connectivity index (χ1n) is 6.13. The molecule has 4 heteroatoms. The monoisotopic (exact) mass is 242 g/mol. The Labute approximate surface area is 107 Å². The van der Waals surface area contributed by atoms with E-state index in [1.54, 1.807) is 6.20 Å². The zero-order chi connectivity index (χ0) is 12.8. The summed E-state index contributed by atoms with van der Waals surface area (Å²) in [5, 5.41) is 3.37. The summed E-state index contributed by atoms with van der Waals surface area (Å²) in [7, 11) is 0. The van der Waals surface area contributed by atoms with Gasteiger partial charge in [0.25, 0.3) is 0 Å². The molecular weight excluding hydrogens is 224 g/mol. The standard InChI is InChI=1S/C14H18N4/c1-11(12-5-3-2-4-6-12)17-14-8-10-16-13(18-14)7-9-15/h2-6,8,10-11H,7,9,15H2,1H3,(H,16,17,18). The molecule has 1 aromatic carbocycles. The van der Waals surface area contributed by atoms with E-state index in [0.717, 1.165) is 11.6 Å². The van der Waals surface area contributed by atoms with Gasteiger partial charge in [-0.2, -0.15) is 0 Å². The molecule has 1 heterocycles. The molecule has 0 saturated carbocycles. The lowest BCUT2D eigenvalue weighted by Gasteiger charge is -2.15. The van der Waals surface area contributed by atoms with Crippen LogP contribution in [0.1, 0.15) is 24.4 Å². The maximum Gasteiger partial charge on any atom is 0.131 e. The van der Waals surface area contributed by atoms with Crippen LogP contribution in [0.5, 0.6) is 0 Å². The van der Waals surface area contributed by atoms with E-state index in [0.29, 0.717) is 13.0 Å². The molecule has 0 radical (unpaired) electrons. The van der Waals surface area contributed by atoms with E-state index < -0.39 is 0 Å². The summed E-state index contributed by atoms with van der Waals surface area (Å²) >= 11 is 0.